The van der Waals surface area contributed by atoms with Crippen LogP contribution in [0, 0.1) is 0 Å². The van der Waals surface area contributed by atoms with Crippen LogP contribution in [-0.2, 0) is 9.53 Å². The van der Waals surface area contributed by atoms with Crippen LogP contribution in [0.1, 0.15) is 59.6 Å². The summed E-state index contributed by atoms with van der Waals surface area (Å²) in [4.78, 5) is 11.5. The number of carbonyl (C=O) groups is 1. The molecule has 1 heterocycles. The summed E-state index contributed by atoms with van der Waals surface area (Å²) in [5, 5.41) is 6.51. The van der Waals surface area contributed by atoms with Crippen molar-refractivity contribution < 1.29 is 14.3 Å². The molecule has 0 radical (unpaired) electrons. The molecule has 29 heavy (non-hydrogen) atoms. The molecule has 0 amide bonds. The lowest BCUT2D eigenvalue weighted by atomic mass is 10.0. The number of para-hydroxylation sites is 1. The fourth-order valence-corrected chi connectivity index (χ4v) is 2.75. The first-order valence-corrected chi connectivity index (χ1v) is 10.4. The van der Waals surface area contributed by atoms with E-state index in [-0.39, 0.29) is 24.7 Å². The number of carbonyl (C=O) groups excluding carboxylic acids is 1. The van der Waals surface area contributed by atoms with E-state index in [1.807, 2.05) is 107 Å². The zero-order chi connectivity index (χ0) is 21.6. The Hall–Kier alpha value is -2.82. The van der Waals surface area contributed by atoms with Crippen molar-refractivity contribution in [3.63, 3.8) is 0 Å². The first kappa shape index (κ1) is 24.2. The molecule has 2 aromatic rings. The van der Waals surface area contributed by atoms with Crippen LogP contribution in [0.3, 0.4) is 0 Å². The molecule has 2 aromatic carbocycles. The van der Waals surface area contributed by atoms with Gasteiger partial charge in [0.15, 0.2) is 6.61 Å². The molecule has 0 spiro atoms. The third kappa shape index (κ3) is 7.60. The van der Waals surface area contributed by atoms with Crippen molar-refractivity contribution in [3.05, 3.63) is 60.2 Å². The van der Waals surface area contributed by atoms with Crippen molar-refractivity contribution in [1.29, 1.82) is 0 Å². The van der Waals surface area contributed by atoms with Crippen molar-refractivity contribution in [2.45, 2.75) is 60.1 Å². The van der Waals surface area contributed by atoms with Gasteiger partial charge >= 0.3 is 5.97 Å². The summed E-state index contributed by atoms with van der Waals surface area (Å²) in [5.41, 5.74) is 2.22. The van der Waals surface area contributed by atoms with Crippen molar-refractivity contribution >= 4 is 17.9 Å². The number of hydrazone groups is 1. The van der Waals surface area contributed by atoms with Gasteiger partial charge in [0.05, 0.1) is 17.8 Å². The molecule has 0 saturated heterocycles. The predicted octanol–water partition coefficient (Wildman–Crippen LogP) is 6.01. The zero-order valence-electron chi connectivity index (χ0n) is 18.5. The Kier molecular flexibility index (Phi) is 11.2. The quantitative estimate of drug-likeness (QED) is 0.559. The van der Waals surface area contributed by atoms with Gasteiger partial charge in [-0.1, -0.05) is 58.0 Å². The highest BCUT2D eigenvalue weighted by Crippen LogP contribution is 2.33. The molecule has 0 aromatic heterocycles. The van der Waals surface area contributed by atoms with E-state index in [1.54, 1.807) is 0 Å². The monoisotopic (exact) mass is 398 g/mol. The van der Waals surface area contributed by atoms with Crippen LogP contribution in [0.5, 0.6) is 5.75 Å². The van der Waals surface area contributed by atoms with E-state index in [4.69, 9.17) is 9.47 Å². The van der Waals surface area contributed by atoms with Gasteiger partial charge in [0.1, 0.15) is 5.75 Å². The molecule has 0 bridgehead atoms. The van der Waals surface area contributed by atoms with Gasteiger partial charge in [0.2, 0.25) is 0 Å². The Balaban J connectivity index is 0.000000989. The van der Waals surface area contributed by atoms with Crippen LogP contribution >= 0.6 is 0 Å². The number of ether oxygens (including phenoxy) is 2. The van der Waals surface area contributed by atoms with Gasteiger partial charge in [-0.15, -0.1) is 0 Å². The number of hydrogen-bond acceptors (Lipinski definition) is 5. The summed E-state index contributed by atoms with van der Waals surface area (Å²) in [7, 11) is 0. The summed E-state index contributed by atoms with van der Waals surface area (Å²) >= 11 is 0. The van der Waals surface area contributed by atoms with Gasteiger partial charge in [0, 0.05) is 12.6 Å². The van der Waals surface area contributed by atoms with E-state index in [1.165, 1.54) is 0 Å². The molecule has 5 heteroatoms. The summed E-state index contributed by atoms with van der Waals surface area (Å²) < 4.78 is 10.5. The lowest BCUT2D eigenvalue weighted by molar-refractivity contribution is -0.149. The van der Waals surface area contributed by atoms with E-state index >= 15 is 0 Å². The number of hydrogen-bond donors (Lipinski definition) is 0. The van der Waals surface area contributed by atoms with Crippen LogP contribution in [0.4, 0.5) is 5.69 Å². The minimum atomic E-state index is -0.362. The Morgan fingerprint density at radius 2 is 1.66 bits per heavy atom. The first-order chi connectivity index (χ1) is 14.1. The van der Waals surface area contributed by atoms with Gasteiger partial charge in [0.25, 0.3) is 0 Å². The molecule has 158 valence electrons. The molecule has 0 N–H and O–H groups in total. The van der Waals surface area contributed by atoms with Gasteiger partial charge in [-0.2, -0.15) is 5.10 Å². The molecular formula is C24H34N2O3. The number of anilines is 1. The highest BCUT2D eigenvalue weighted by Gasteiger charge is 2.23. The van der Waals surface area contributed by atoms with E-state index < -0.39 is 0 Å². The Morgan fingerprint density at radius 1 is 1.03 bits per heavy atom. The van der Waals surface area contributed by atoms with Crippen LogP contribution in [0.15, 0.2) is 59.7 Å². The average Bonchev–Trinajstić information content (AvgIpc) is 3.26. The minimum Gasteiger partial charge on any atom is -0.482 e. The van der Waals surface area contributed by atoms with Gasteiger partial charge < -0.3 is 9.47 Å². The van der Waals surface area contributed by atoms with Gasteiger partial charge in [-0.3, -0.25) is 5.01 Å². The molecule has 1 unspecified atom stereocenters. The SMILES string of the molecule is CC.CC.CC(C)OC(=O)COc1ccc(C2CC=NN2c2ccccc2)cc1. The third-order valence-electron chi connectivity index (χ3n) is 3.84. The van der Waals surface area contributed by atoms with Gasteiger partial charge in [-0.05, 0) is 43.7 Å². The van der Waals surface area contributed by atoms with Crippen LogP contribution < -0.4 is 9.75 Å². The van der Waals surface area contributed by atoms with E-state index in [0.29, 0.717) is 5.75 Å². The largest absolute Gasteiger partial charge is 0.482 e. The molecule has 1 atom stereocenters. The second kappa shape index (κ2) is 13.4. The van der Waals surface area contributed by atoms with E-state index in [9.17, 15) is 4.79 Å². The molecule has 5 nitrogen and oxygen atoms in total. The molecule has 1 aliphatic heterocycles. The van der Waals surface area contributed by atoms with Crippen molar-refractivity contribution in [2.24, 2.45) is 5.10 Å². The topological polar surface area (TPSA) is 51.1 Å². The Bertz CT molecular complexity index is 728. The maximum absolute atomic E-state index is 11.5. The van der Waals surface area contributed by atoms with Gasteiger partial charge in [-0.25, -0.2) is 4.79 Å². The smallest absolute Gasteiger partial charge is 0.344 e. The minimum absolute atomic E-state index is 0.0831. The van der Waals surface area contributed by atoms with Crippen molar-refractivity contribution in [1.82, 2.24) is 0 Å². The number of esters is 1. The number of nitrogens with zero attached hydrogens (tertiary/aromatic N) is 2. The van der Waals surface area contributed by atoms with Crippen molar-refractivity contribution in [3.8, 4) is 5.75 Å². The normalized spacial score (nSPS) is 14.4. The summed E-state index contributed by atoms with van der Waals surface area (Å²) in [6.07, 6.45) is 2.66. The second-order valence-electron chi connectivity index (χ2n) is 6.13. The fraction of sp³-hybridized carbons (Fsp3) is 0.417. The maximum atomic E-state index is 11.5. The highest BCUT2D eigenvalue weighted by atomic mass is 16.6. The highest BCUT2D eigenvalue weighted by molar-refractivity contribution is 5.71. The first-order valence-electron chi connectivity index (χ1n) is 10.4. The summed E-state index contributed by atoms with van der Waals surface area (Å²) in [5.74, 6) is 0.285. The molecule has 1 aliphatic rings. The molecular weight excluding hydrogens is 364 g/mol. The zero-order valence-corrected chi connectivity index (χ0v) is 18.5. The van der Waals surface area contributed by atoms with Crippen LogP contribution in [0.25, 0.3) is 0 Å². The Morgan fingerprint density at radius 3 is 2.24 bits per heavy atom. The standard InChI is InChI=1S/C20H22N2O3.2C2H6/c1-15(2)25-20(23)14-24-18-10-8-16(9-11-18)19-12-13-21-22(19)17-6-4-3-5-7-17;2*1-2/h3-11,13,15,19H,12,14H2,1-2H3;2*1-2H3. The van der Waals surface area contributed by atoms with E-state index in [2.05, 4.69) is 5.10 Å². The molecule has 3 rings (SSSR count). The summed E-state index contributed by atoms with van der Waals surface area (Å²) in [6.45, 7) is 11.5. The lowest BCUT2D eigenvalue weighted by Gasteiger charge is -2.24. The molecule has 0 aliphatic carbocycles. The van der Waals surface area contributed by atoms with Crippen molar-refractivity contribution in [2.75, 3.05) is 11.6 Å². The second-order valence-corrected chi connectivity index (χ2v) is 6.13. The fourth-order valence-electron chi connectivity index (χ4n) is 2.75. The predicted molar refractivity (Wildman–Crippen MR) is 121 cm³/mol. The number of benzene rings is 2. The maximum Gasteiger partial charge on any atom is 0.344 e. The number of rotatable bonds is 6. The average molecular weight is 399 g/mol. The Labute approximate surface area is 175 Å². The van der Waals surface area contributed by atoms with Crippen LogP contribution in [-0.4, -0.2) is 24.9 Å². The van der Waals surface area contributed by atoms with Crippen LogP contribution in [0.2, 0.25) is 0 Å². The lowest BCUT2D eigenvalue weighted by Crippen LogP contribution is -2.19. The third-order valence-corrected chi connectivity index (χ3v) is 3.84. The molecule has 0 fully saturated rings. The molecule has 0 saturated carbocycles. The summed E-state index contributed by atoms with van der Waals surface area (Å²) in [6, 6.07) is 18.1. The van der Waals surface area contributed by atoms with E-state index in [0.717, 1.165) is 17.7 Å².